The molecule has 1 aromatic rings. The molecule has 0 aromatic heterocycles. The lowest BCUT2D eigenvalue weighted by Crippen LogP contribution is -2.48. The maximum absolute atomic E-state index is 13.5. The molecule has 1 fully saturated rings. The van der Waals surface area contributed by atoms with Crippen LogP contribution >= 0.6 is 0 Å². The molecule has 2 unspecified atom stereocenters. The van der Waals surface area contributed by atoms with Gasteiger partial charge in [0.1, 0.15) is 12.2 Å². The molecule has 27 heavy (non-hydrogen) atoms. The third-order valence-corrected chi connectivity index (χ3v) is 4.66. The number of benzene rings is 1. The van der Waals surface area contributed by atoms with Crippen molar-refractivity contribution in [2.75, 3.05) is 20.3 Å². The molecule has 1 aliphatic heterocycles. The number of Topliss-reactive ketones (excluding diaryl/α,β-unsaturated/α-hetero) is 1. The Labute approximate surface area is 156 Å². The average Bonchev–Trinajstić information content (AvgIpc) is 2.64. The van der Waals surface area contributed by atoms with Gasteiger partial charge in [0, 0.05) is 18.5 Å². The molecule has 148 valence electrons. The Balaban J connectivity index is 2.12. The van der Waals surface area contributed by atoms with Gasteiger partial charge in [0.25, 0.3) is 0 Å². The third kappa shape index (κ3) is 5.48. The second-order valence-electron chi connectivity index (χ2n) is 6.44. The van der Waals surface area contributed by atoms with E-state index in [-0.39, 0.29) is 31.8 Å². The summed E-state index contributed by atoms with van der Waals surface area (Å²) in [6, 6.07) is 3.12. The van der Waals surface area contributed by atoms with Gasteiger partial charge < -0.3 is 14.4 Å². The summed E-state index contributed by atoms with van der Waals surface area (Å²) in [5, 5.41) is 0. The van der Waals surface area contributed by atoms with Crippen LogP contribution in [0.3, 0.4) is 0 Å². The Bertz CT molecular complexity index is 709. The molecule has 1 heterocycles. The number of hydrogen-bond donors (Lipinski definition) is 0. The Morgan fingerprint density at radius 2 is 1.96 bits per heavy atom. The Morgan fingerprint density at radius 3 is 2.59 bits per heavy atom. The maximum Gasteiger partial charge on any atom is 0.409 e. The van der Waals surface area contributed by atoms with Crippen LogP contribution in [0.4, 0.5) is 13.6 Å². The molecule has 0 aliphatic carbocycles. The molecule has 6 nitrogen and oxygen atoms in total. The minimum absolute atomic E-state index is 0.200. The van der Waals surface area contributed by atoms with E-state index >= 15 is 0 Å². The molecule has 1 saturated heterocycles. The Morgan fingerprint density at radius 1 is 1.22 bits per heavy atom. The quantitative estimate of drug-likeness (QED) is 0.558. The SMILES string of the molecule is CCOC(=O)CC(=O)C1CCN(C(=O)OC)C(Cc2ccc(F)c(F)c2)C1. The third-order valence-electron chi connectivity index (χ3n) is 4.66. The number of rotatable bonds is 6. The fourth-order valence-corrected chi connectivity index (χ4v) is 3.33. The van der Waals surface area contributed by atoms with E-state index in [0.29, 0.717) is 18.4 Å². The largest absolute Gasteiger partial charge is 0.466 e. The molecule has 8 heteroatoms. The molecule has 2 atom stereocenters. The summed E-state index contributed by atoms with van der Waals surface area (Å²) in [4.78, 5) is 37.5. The van der Waals surface area contributed by atoms with E-state index in [0.717, 1.165) is 12.1 Å². The smallest absolute Gasteiger partial charge is 0.409 e. The number of halogens is 2. The first kappa shape index (κ1) is 20.8. The normalized spacial score (nSPS) is 19.5. The van der Waals surface area contributed by atoms with Gasteiger partial charge in [-0.2, -0.15) is 0 Å². The summed E-state index contributed by atoms with van der Waals surface area (Å²) in [5.74, 6) is -3.15. The van der Waals surface area contributed by atoms with Crippen molar-refractivity contribution in [3.8, 4) is 0 Å². The predicted octanol–water partition coefficient (Wildman–Crippen LogP) is 2.88. The van der Waals surface area contributed by atoms with Crippen molar-refractivity contribution in [1.29, 1.82) is 0 Å². The van der Waals surface area contributed by atoms with Gasteiger partial charge in [0.2, 0.25) is 0 Å². The summed E-state index contributed by atoms with van der Waals surface area (Å²) < 4.78 is 36.2. The van der Waals surface area contributed by atoms with Crippen molar-refractivity contribution in [3.63, 3.8) is 0 Å². The van der Waals surface area contributed by atoms with Gasteiger partial charge in [-0.15, -0.1) is 0 Å². The highest BCUT2D eigenvalue weighted by Gasteiger charge is 2.35. The van der Waals surface area contributed by atoms with E-state index in [1.165, 1.54) is 18.1 Å². The highest BCUT2D eigenvalue weighted by molar-refractivity contribution is 5.96. The molecule has 0 saturated carbocycles. The first-order valence-corrected chi connectivity index (χ1v) is 8.82. The zero-order valence-electron chi connectivity index (χ0n) is 15.4. The van der Waals surface area contributed by atoms with E-state index in [4.69, 9.17) is 9.47 Å². The number of carbonyl (C=O) groups is 3. The topological polar surface area (TPSA) is 72.9 Å². The van der Waals surface area contributed by atoms with Crippen molar-refractivity contribution in [2.45, 2.75) is 38.6 Å². The van der Waals surface area contributed by atoms with Crippen LogP contribution in [0, 0.1) is 17.6 Å². The maximum atomic E-state index is 13.5. The Kier molecular flexibility index (Phi) is 7.27. The number of esters is 1. The second-order valence-corrected chi connectivity index (χ2v) is 6.44. The fraction of sp³-hybridized carbons (Fsp3) is 0.526. The lowest BCUT2D eigenvalue weighted by atomic mass is 9.84. The number of hydrogen-bond acceptors (Lipinski definition) is 5. The minimum Gasteiger partial charge on any atom is -0.466 e. The van der Waals surface area contributed by atoms with E-state index in [1.807, 2.05) is 0 Å². The van der Waals surface area contributed by atoms with E-state index < -0.39 is 35.7 Å². The molecule has 0 radical (unpaired) electrons. The van der Waals surface area contributed by atoms with Gasteiger partial charge in [0.05, 0.1) is 13.7 Å². The fourth-order valence-electron chi connectivity index (χ4n) is 3.33. The van der Waals surface area contributed by atoms with Crippen LogP contribution in [0.2, 0.25) is 0 Å². The Hall–Kier alpha value is -2.51. The molecule has 1 aromatic carbocycles. The van der Waals surface area contributed by atoms with Crippen LogP contribution in [0.25, 0.3) is 0 Å². The van der Waals surface area contributed by atoms with Gasteiger partial charge in [-0.05, 0) is 43.9 Å². The number of amides is 1. The van der Waals surface area contributed by atoms with Crippen LogP contribution in [0.1, 0.15) is 31.7 Å². The van der Waals surface area contributed by atoms with Crippen molar-refractivity contribution in [3.05, 3.63) is 35.4 Å². The molecular weight excluding hydrogens is 360 g/mol. The molecular formula is C19H23F2NO5. The second kappa shape index (κ2) is 9.43. The summed E-state index contributed by atoms with van der Waals surface area (Å²) in [5.41, 5.74) is 0.506. The van der Waals surface area contributed by atoms with Crippen LogP contribution in [0.15, 0.2) is 18.2 Å². The van der Waals surface area contributed by atoms with E-state index in [9.17, 15) is 23.2 Å². The molecule has 1 aliphatic rings. The van der Waals surface area contributed by atoms with Crippen LogP contribution in [0.5, 0.6) is 0 Å². The zero-order chi connectivity index (χ0) is 20.0. The van der Waals surface area contributed by atoms with Crippen molar-refractivity contribution in [2.24, 2.45) is 5.92 Å². The highest BCUT2D eigenvalue weighted by Crippen LogP contribution is 2.28. The average molecular weight is 383 g/mol. The van der Waals surface area contributed by atoms with Crippen molar-refractivity contribution < 1.29 is 32.6 Å². The monoisotopic (exact) mass is 383 g/mol. The van der Waals surface area contributed by atoms with Crippen molar-refractivity contribution in [1.82, 2.24) is 4.90 Å². The number of likely N-dealkylation sites (tertiary alicyclic amines) is 1. The van der Waals surface area contributed by atoms with E-state index in [1.54, 1.807) is 6.92 Å². The first-order chi connectivity index (χ1) is 12.8. The summed E-state index contributed by atoms with van der Waals surface area (Å²) in [6.07, 6.45) is 0.108. The van der Waals surface area contributed by atoms with Crippen molar-refractivity contribution >= 4 is 17.8 Å². The van der Waals surface area contributed by atoms with E-state index in [2.05, 4.69) is 0 Å². The number of methoxy groups -OCH3 is 1. The molecule has 2 rings (SSSR count). The molecule has 0 bridgehead atoms. The lowest BCUT2D eigenvalue weighted by molar-refractivity contribution is -0.146. The van der Waals surface area contributed by atoms with Crippen LogP contribution in [-0.2, 0) is 25.5 Å². The number of ether oxygens (including phenoxy) is 2. The van der Waals surface area contributed by atoms with Gasteiger partial charge >= 0.3 is 12.1 Å². The number of piperidine rings is 1. The van der Waals surface area contributed by atoms with Crippen LogP contribution < -0.4 is 0 Å². The summed E-state index contributed by atoms with van der Waals surface area (Å²) >= 11 is 0. The highest BCUT2D eigenvalue weighted by atomic mass is 19.2. The van der Waals surface area contributed by atoms with Crippen LogP contribution in [-0.4, -0.2) is 49.0 Å². The predicted molar refractivity (Wildman–Crippen MR) is 91.9 cm³/mol. The molecule has 0 spiro atoms. The number of carbonyl (C=O) groups excluding carboxylic acids is 3. The van der Waals surface area contributed by atoms with Gasteiger partial charge in [0.15, 0.2) is 11.6 Å². The zero-order valence-corrected chi connectivity index (χ0v) is 15.4. The summed E-state index contributed by atoms with van der Waals surface area (Å²) in [7, 11) is 1.26. The number of nitrogens with zero attached hydrogens (tertiary/aromatic N) is 1. The van der Waals surface area contributed by atoms with Gasteiger partial charge in [-0.25, -0.2) is 13.6 Å². The standard InChI is InChI=1S/C19H23F2NO5/c1-3-27-18(24)11-17(23)13-6-7-22(19(25)26-2)14(10-13)8-12-4-5-15(20)16(21)9-12/h4-5,9,13-14H,3,6-8,10-11H2,1-2H3. The lowest BCUT2D eigenvalue weighted by Gasteiger charge is -2.38. The number of ketones is 1. The molecule has 0 N–H and O–H groups in total. The summed E-state index contributed by atoms with van der Waals surface area (Å²) in [6.45, 7) is 2.14. The first-order valence-electron chi connectivity index (χ1n) is 8.82. The minimum atomic E-state index is -0.970. The van der Waals surface area contributed by atoms with Gasteiger partial charge in [-0.3, -0.25) is 9.59 Å². The molecule has 1 amide bonds. The van der Waals surface area contributed by atoms with Gasteiger partial charge in [-0.1, -0.05) is 6.07 Å².